The number of para-hydroxylation sites is 1. The molecule has 0 aliphatic rings. The molecule has 3 aromatic rings. The summed E-state index contributed by atoms with van der Waals surface area (Å²) in [5.41, 5.74) is 1.23. The summed E-state index contributed by atoms with van der Waals surface area (Å²) < 4.78 is 16.9. The number of aromatic nitrogens is 3. The first-order valence-electron chi connectivity index (χ1n) is 5.85. The van der Waals surface area contributed by atoms with Crippen LogP contribution in [0, 0.1) is 10.6 Å². The van der Waals surface area contributed by atoms with Gasteiger partial charge in [-0.15, -0.1) is 0 Å². The third kappa shape index (κ3) is 2.32. The van der Waals surface area contributed by atoms with E-state index in [1.54, 1.807) is 16.7 Å². The van der Waals surface area contributed by atoms with Gasteiger partial charge >= 0.3 is 0 Å². The maximum atomic E-state index is 14.1. The zero-order valence-electron chi connectivity index (χ0n) is 10.2. The molecule has 1 aromatic heterocycles. The summed E-state index contributed by atoms with van der Waals surface area (Å²) in [7, 11) is 0. The number of halogens is 2. The molecule has 1 N–H and O–H groups in total. The van der Waals surface area contributed by atoms with Crippen molar-refractivity contribution in [3.8, 4) is 17.1 Å². The summed E-state index contributed by atoms with van der Waals surface area (Å²) in [6.45, 7) is 0. The van der Waals surface area contributed by atoms with Gasteiger partial charge in [-0.3, -0.25) is 9.67 Å². The number of H-pyrrole nitrogens is 1. The van der Waals surface area contributed by atoms with Crippen molar-refractivity contribution in [2.75, 3.05) is 0 Å². The third-order valence-electron chi connectivity index (χ3n) is 2.86. The summed E-state index contributed by atoms with van der Waals surface area (Å²) >= 11 is 8.48. The van der Waals surface area contributed by atoms with Gasteiger partial charge in [0.2, 0.25) is 0 Å². The van der Waals surface area contributed by atoms with Crippen molar-refractivity contribution in [3.63, 3.8) is 0 Å². The molecule has 2 aromatic carbocycles. The molecular weight excluding hydrogens is 341 g/mol. The van der Waals surface area contributed by atoms with Gasteiger partial charge < -0.3 is 0 Å². The number of nitrogens with one attached hydrogen (secondary N) is 1. The maximum absolute atomic E-state index is 14.1. The van der Waals surface area contributed by atoms with Gasteiger partial charge in [0.25, 0.3) is 0 Å². The van der Waals surface area contributed by atoms with Crippen molar-refractivity contribution in [1.82, 2.24) is 14.8 Å². The highest BCUT2D eigenvalue weighted by molar-refractivity contribution is 9.10. The number of rotatable bonds is 2. The van der Waals surface area contributed by atoms with E-state index in [1.165, 1.54) is 6.07 Å². The number of hydrogen-bond donors (Lipinski definition) is 1. The van der Waals surface area contributed by atoms with Gasteiger partial charge in [0.15, 0.2) is 10.6 Å². The Morgan fingerprint density at radius 3 is 2.60 bits per heavy atom. The fraction of sp³-hybridized carbons (Fsp3) is 0. The van der Waals surface area contributed by atoms with Gasteiger partial charge in [0, 0.05) is 10.2 Å². The van der Waals surface area contributed by atoms with E-state index < -0.39 is 0 Å². The second kappa shape index (κ2) is 5.30. The fourth-order valence-corrected chi connectivity index (χ4v) is 2.54. The van der Waals surface area contributed by atoms with E-state index in [0.717, 1.165) is 5.69 Å². The second-order valence-electron chi connectivity index (χ2n) is 4.15. The predicted molar refractivity (Wildman–Crippen MR) is 81.8 cm³/mol. The van der Waals surface area contributed by atoms with Crippen LogP contribution < -0.4 is 0 Å². The van der Waals surface area contributed by atoms with Crippen LogP contribution >= 0.6 is 28.1 Å². The third-order valence-corrected chi connectivity index (χ3v) is 3.63. The van der Waals surface area contributed by atoms with E-state index in [1.807, 2.05) is 30.3 Å². The summed E-state index contributed by atoms with van der Waals surface area (Å²) in [5, 5.41) is 6.86. The minimum atomic E-state index is -0.356. The summed E-state index contributed by atoms with van der Waals surface area (Å²) in [6, 6.07) is 14.3. The Balaban J connectivity index is 2.24. The maximum Gasteiger partial charge on any atom is 0.200 e. The molecule has 0 bridgehead atoms. The number of hydrogen-bond acceptors (Lipinski definition) is 2. The molecule has 0 saturated heterocycles. The average molecular weight is 350 g/mol. The molecule has 0 aliphatic heterocycles. The van der Waals surface area contributed by atoms with Crippen LogP contribution in [0.15, 0.2) is 53.0 Å². The van der Waals surface area contributed by atoms with E-state index in [2.05, 4.69) is 26.1 Å². The molecule has 0 atom stereocenters. The summed E-state index contributed by atoms with van der Waals surface area (Å²) in [5.74, 6) is 0.0942. The number of benzene rings is 2. The first kappa shape index (κ1) is 13.2. The van der Waals surface area contributed by atoms with Crippen LogP contribution in [0.4, 0.5) is 4.39 Å². The molecule has 1 heterocycles. The smallest absolute Gasteiger partial charge is 0.200 e. The van der Waals surface area contributed by atoms with Gasteiger partial charge in [-0.05, 0) is 42.5 Å². The van der Waals surface area contributed by atoms with E-state index in [-0.39, 0.29) is 5.82 Å². The van der Waals surface area contributed by atoms with Crippen molar-refractivity contribution in [3.05, 3.63) is 63.6 Å². The Hall–Kier alpha value is -1.79. The van der Waals surface area contributed by atoms with E-state index in [9.17, 15) is 4.39 Å². The van der Waals surface area contributed by atoms with Gasteiger partial charge in [-0.25, -0.2) is 4.39 Å². The van der Waals surface area contributed by atoms with E-state index in [4.69, 9.17) is 12.2 Å². The molecule has 0 amide bonds. The topological polar surface area (TPSA) is 33.6 Å². The number of nitrogens with zero attached hydrogens (tertiary/aromatic N) is 2. The largest absolute Gasteiger partial charge is 0.268 e. The SMILES string of the molecule is Fc1cc(Br)ccc1-c1n[nH]c(=S)n1-c1ccccc1. The Bertz CT molecular complexity index is 811. The molecule has 0 aliphatic carbocycles. The standard InChI is InChI=1S/C14H9BrFN3S/c15-9-6-7-11(12(16)8-9)13-17-18-14(20)19(13)10-4-2-1-3-5-10/h1-8H,(H,18,20). The molecule has 0 fully saturated rings. The van der Waals surface area contributed by atoms with E-state index >= 15 is 0 Å². The zero-order chi connectivity index (χ0) is 14.1. The minimum Gasteiger partial charge on any atom is -0.268 e. The Morgan fingerprint density at radius 2 is 1.90 bits per heavy atom. The van der Waals surface area contributed by atoms with Crippen molar-refractivity contribution in [1.29, 1.82) is 0 Å². The lowest BCUT2D eigenvalue weighted by Crippen LogP contribution is -1.99. The molecule has 0 spiro atoms. The highest BCUT2D eigenvalue weighted by Gasteiger charge is 2.14. The van der Waals surface area contributed by atoms with Crippen LogP contribution in [0.5, 0.6) is 0 Å². The van der Waals surface area contributed by atoms with Gasteiger partial charge in [0.05, 0.1) is 5.56 Å². The van der Waals surface area contributed by atoms with Crippen LogP contribution in [0.25, 0.3) is 17.1 Å². The molecule has 3 nitrogen and oxygen atoms in total. The molecular formula is C14H9BrFN3S. The lowest BCUT2D eigenvalue weighted by Gasteiger charge is -2.07. The molecule has 6 heteroatoms. The molecule has 100 valence electrons. The first-order valence-corrected chi connectivity index (χ1v) is 7.05. The lowest BCUT2D eigenvalue weighted by molar-refractivity contribution is 0.628. The van der Waals surface area contributed by atoms with Crippen molar-refractivity contribution in [2.24, 2.45) is 0 Å². The zero-order valence-corrected chi connectivity index (χ0v) is 12.6. The molecule has 0 unspecified atom stereocenters. The van der Waals surface area contributed by atoms with Crippen LogP contribution in [0.2, 0.25) is 0 Å². The fourth-order valence-electron chi connectivity index (χ4n) is 1.97. The lowest BCUT2D eigenvalue weighted by atomic mass is 10.2. The monoisotopic (exact) mass is 349 g/mol. The summed E-state index contributed by atoms with van der Waals surface area (Å²) in [6.07, 6.45) is 0. The normalized spacial score (nSPS) is 10.7. The second-order valence-corrected chi connectivity index (χ2v) is 5.45. The molecule has 0 radical (unpaired) electrons. The Kier molecular flexibility index (Phi) is 3.50. The van der Waals surface area contributed by atoms with Gasteiger partial charge in [-0.1, -0.05) is 34.1 Å². The molecule has 3 rings (SSSR count). The quantitative estimate of drug-likeness (QED) is 0.691. The van der Waals surface area contributed by atoms with Crippen LogP contribution in [-0.4, -0.2) is 14.8 Å². The van der Waals surface area contributed by atoms with Crippen molar-refractivity contribution in [2.45, 2.75) is 0 Å². The van der Waals surface area contributed by atoms with E-state index in [0.29, 0.717) is 20.6 Å². The van der Waals surface area contributed by atoms with Crippen LogP contribution in [-0.2, 0) is 0 Å². The predicted octanol–water partition coefficient (Wildman–Crippen LogP) is 4.50. The average Bonchev–Trinajstić information content (AvgIpc) is 2.81. The van der Waals surface area contributed by atoms with Crippen molar-refractivity contribution >= 4 is 28.1 Å². The summed E-state index contributed by atoms with van der Waals surface area (Å²) in [4.78, 5) is 0. The highest BCUT2D eigenvalue weighted by atomic mass is 79.9. The molecule has 0 saturated carbocycles. The molecule has 20 heavy (non-hydrogen) atoms. The Morgan fingerprint density at radius 1 is 1.15 bits per heavy atom. The van der Waals surface area contributed by atoms with Crippen LogP contribution in [0.3, 0.4) is 0 Å². The highest BCUT2D eigenvalue weighted by Crippen LogP contribution is 2.26. The van der Waals surface area contributed by atoms with Gasteiger partial charge in [-0.2, -0.15) is 5.10 Å². The number of aromatic amines is 1. The van der Waals surface area contributed by atoms with Crippen molar-refractivity contribution < 1.29 is 4.39 Å². The van der Waals surface area contributed by atoms with Gasteiger partial charge in [0.1, 0.15) is 5.82 Å². The van der Waals surface area contributed by atoms with Crippen LogP contribution in [0.1, 0.15) is 0 Å². The first-order chi connectivity index (χ1) is 9.66. The Labute approximate surface area is 128 Å². The minimum absolute atomic E-state index is 0.356.